The first-order valence-corrected chi connectivity index (χ1v) is 9.95. The van der Waals surface area contributed by atoms with Gasteiger partial charge in [0.05, 0.1) is 0 Å². The van der Waals surface area contributed by atoms with Gasteiger partial charge in [-0.2, -0.15) is 0 Å². The van der Waals surface area contributed by atoms with Crippen LogP contribution in [0.15, 0.2) is 48.5 Å². The number of amides is 2. The number of hydrogen-bond acceptors (Lipinski definition) is 3. The molecule has 0 radical (unpaired) electrons. The van der Waals surface area contributed by atoms with E-state index in [-0.39, 0.29) is 11.8 Å². The zero-order valence-corrected chi connectivity index (χ0v) is 17.1. The Morgan fingerprint density at radius 1 is 0.931 bits per heavy atom. The highest BCUT2D eigenvalue weighted by molar-refractivity contribution is 5.94. The zero-order chi connectivity index (χ0) is 21.0. The Morgan fingerprint density at radius 2 is 1.55 bits per heavy atom. The lowest BCUT2D eigenvalue weighted by atomic mass is 10.0. The maximum atomic E-state index is 13.4. The van der Waals surface area contributed by atoms with E-state index in [9.17, 15) is 14.0 Å². The summed E-state index contributed by atoms with van der Waals surface area (Å²) in [5.74, 6) is 0.351. The van der Waals surface area contributed by atoms with Crippen LogP contribution in [-0.2, 0) is 4.79 Å². The molecular weight excluding hydrogens is 371 g/mol. The Balaban J connectivity index is 1.53. The summed E-state index contributed by atoms with van der Waals surface area (Å²) in [7, 11) is 0. The first kappa shape index (κ1) is 20.8. The average Bonchev–Trinajstić information content (AvgIpc) is 2.73. The van der Waals surface area contributed by atoms with Crippen molar-refractivity contribution < 1.29 is 18.7 Å². The van der Waals surface area contributed by atoms with Gasteiger partial charge in [0.1, 0.15) is 11.6 Å². The van der Waals surface area contributed by atoms with Crippen molar-refractivity contribution in [1.82, 2.24) is 9.80 Å². The third kappa shape index (κ3) is 5.13. The summed E-state index contributed by atoms with van der Waals surface area (Å²) in [6.45, 7) is 7.68. The predicted octanol–water partition coefficient (Wildman–Crippen LogP) is 3.70. The monoisotopic (exact) mass is 398 g/mol. The molecular formula is C23H27FN2O3. The van der Waals surface area contributed by atoms with E-state index in [1.807, 2.05) is 24.3 Å². The van der Waals surface area contributed by atoms with Crippen LogP contribution in [0, 0.1) is 5.82 Å². The largest absolute Gasteiger partial charge is 0.481 e. The van der Waals surface area contributed by atoms with Crippen LogP contribution in [0.2, 0.25) is 0 Å². The molecule has 1 heterocycles. The highest BCUT2D eigenvalue weighted by atomic mass is 19.1. The first-order chi connectivity index (χ1) is 13.8. The normalized spacial score (nSPS) is 15.3. The fraction of sp³-hybridized carbons (Fsp3) is 0.391. The lowest BCUT2D eigenvalue weighted by molar-refractivity contribution is -0.139. The zero-order valence-electron chi connectivity index (χ0n) is 17.1. The highest BCUT2D eigenvalue weighted by Gasteiger charge is 2.28. The number of hydrogen-bond donors (Lipinski definition) is 0. The minimum Gasteiger partial charge on any atom is -0.481 e. The van der Waals surface area contributed by atoms with Crippen molar-refractivity contribution in [1.29, 1.82) is 0 Å². The number of halogens is 1. The molecule has 0 aliphatic carbocycles. The van der Waals surface area contributed by atoms with Gasteiger partial charge >= 0.3 is 0 Å². The molecule has 6 heteroatoms. The lowest BCUT2D eigenvalue weighted by Gasteiger charge is -2.36. The van der Waals surface area contributed by atoms with Crippen LogP contribution in [0.3, 0.4) is 0 Å². The summed E-state index contributed by atoms with van der Waals surface area (Å²) in [6, 6.07) is 13.5. The predicted molar refractivity (Wildman–Crippen MR) is 110 cm³/mol. The molecule has 2 aromatic rings. The molecule has 1 aliphatic rings. The van der Waals surface area contributed by atoms with Crippen molar-refractivity contribution in [2.24, 2.45) is 0 Å². The summed E-state index contributed by atoms with van der Waals surface area (Å²) in [5, 5.41) is 0. The number of ether oxygens (including phenoxy) is 1. The second-order valence-electron chi connectivity index (χ2n) is 7.61. The minimum absolute atomic E-state index is 0.101. The van der Waals surface area contributed by atoms with Gasteiger partial charge in [0, 0.05) is 31.7 Å². The fourth-order valence-electron chi connectivity index (χ4n) is 3.38. The van der Waals surface area contributed by atoms with Crippen molar-refractivity contribution in [2.45, 2.75) is 32.8 Å². The first-order valence-electron chi connectivity index (χ1n) is 9.95. The van der Waals surface area contributed by atoms with Crippen LogP contribution in [0.25, 0.3) is 0 Å². The van der Waals surface area contributed by atoms with E-state index in [0.29, 0.717) is 43.4 Å². The van der Waals surface area contributed by atoms with Crippen molar-refractivity contribution in [3.63, 3.8) is 0 Å². The SMILES string of the molecule is CC(Oc1ccc(C(C)C)cc1)C(=O)N1CCN(C(=O)c2cccc(F)c2)CC1. The number of carbonyl (C=O) groups is 2. The van der Waals surface area contributed by atoms with E-state index in [1.54, 1.807) is 22.8 Å². The summed E-state index contributed by atoms with van der Waals surface area (Å²) in [4.78, 5) is 28.6. The van der Waals surface area contributed by atoms with Crippen molar-refractivity contribution in [3.8, 4) is 5.75 Å². The van der Waals surface area contributed by atoms with E-state index in [2.05, 4.69) is 13.8 Å². The van der Waals surface area contributed by atoms with Gasteiger partial charge in [-0.1, -0.05) is 32.0 Å². The van der Waals surface area contributed by atoms with E-state index >= 15 is 0 Å². The quantitative estimate of drug-likeness (QED) is 0.772. The van der Waals surface area contributed by atoms with Gasteiger partial charge in [0.2, 0.25) is 0 Å². The number of piperazine rings is 1. The Labute approximate surface area is 171 Å². The van der Waals surface area contributed by atoms with Crippen molar-refractivity contribution in [2.75, 3.05) is 26.2 Å². The molecule has 0 saturated carbocycles. The Morgan fingerprint density at radius 3 is 2.14 bits per heavy atom. The standard InChI is InChI=1S/C23H27FN2O3/c1-16(2)18-7-9-21(10-8-18)29-17(3)22(27)25-11-13-26(14-12-25)23(28)19-5-4-6-20(24)15-19/h4-10,15-17H,11-14H2,1-3H3. The van der Waals surface area contributed by atoms with E-state index < -0.39 is 11.9 Å². The summed E-state index contributed by atoms with van der Waals surface area (Å²) in [5.41, 5.74) is 1.54. The van der Waals surface area contributed by atoms with Crippen LogP contribution in [0.1, 0.15) is 42.6 Å². The summed E-state index contributed by atoms with van der Waals surface area (Å²) >= 11 is 0. The molecule has 29 heavy (non-hydrogen) atoms. The molecule has 5 nitrogen and oxygen atoms in total. The van der Waals surface area contributed by atoms with E-state index in [4.69, 9.17) is 4.74 Å². The van der Waals surface area contributed by atoms with Crippen LogP contribution in [0.4, 0.5) is 4.39 Å². The maximum absolute atomic E-state index is 13.4. The van der Waals surface area contributed by atoms with Crippen LogP contribution >= 0.6 is 0 Å². The van der Waals surface area contributed by atoms with Crippen LogP contribution in [0.5, 0.6) is 5.75 Å². The molecule has 154 valence electrons. The van der Waals surface area contributed by atoms with E-state index in [0.717, 1.165) is 0 Å². The molecule has 0 aromatic heterocycles. The maximum Gasteiger partial charge on any atom is 0.263 e. The Hall–Kier alpha value is -2.89. The third-order valence-electron chi connectivity index (χ3n) is 5.16. The van der Waals surface area contributed by atoms with Gasteiger partial charge in [-0.15, -0.1) is 0 Å². The molecule has 2 aromatic carbocycles. The molecule has 0 spiro atoms. The van der Waals surface area contributed by atoms with Crippen LogP contribution < -0.4 is 4.74 Å². The van der Waals surface area contributed by atoms with Gasteiger partial charge in [-0.3, -0.25) is 9.59 Å². The Kier molecular flexibility index (Phi) is 6.52. The second-order valence-corrected chi connectivity index (χ2v) is 7.61. The summed E-state index contributed by atoms with van der Waals surface area (Å²) in [6.07, 6.45) is -0.606. The fourth-order valence-corrected chi connectivity index (χ4v) is 3.38. The molecule has 0 N–H and O–H groups in total. The van der Waals surface area contributed by atoms with Crippen LogP contribution in [-0.4, -0.2) is 53.9 Å². The van der Waals surface area contributed by atoms with Crippen molar-refractivity contribution >= 4 is 11.8 Å². The number of benzene rings is 2. The average molecular weight is 398 g/mol. The lowest BCUT2D eigenvalue weighted by Crippen LogP contribution is -2.53. The van der Waals surface area contributed by atoms with Gasteiger partial charge in [-0.05, 0) is 48.7 Å². The molecule has 2 amide bonds. The molecule has 1 fully saturated rings. The molecule has 1 atom stereocenters. The third-order valence-corrected chi connectivity index (χ3v) is 5.16. The summed E-state index contributed by atoms with van der Waals surface area (Å²) < 4.78 is 19.2. The van der Waals surface area contributed by atoms with Gasteiger partial charge in [0.15, 0.2) is 6.10 Å². The molecule has 3 rings (SSSR count). The van der Waals surface area contributed by atoms with Gasteiger partial charge < -0.3 is 14.5 Å². The Bertz CT molecular complexity index is 859. The number of rotatable bonds is 5. The topological polar surface area (TPSA) is 49.9 Å². The second kappa shape index (κ2) is 9.07. The minimum atomic E-state index is -0.606. The smallest absolute Gasteiger partial charge is 0.263 e. The molecule has 0 bridgehead atoms. The molecule has 1 aliphatic heterocycles. The van der Waals surface area contributed by atoms with Gasteiger partial charge in [0.25, 0.3) is 11.8 Å². The number of carbonyl (C=O) groups excluding carboxylic acids is 2. The van der Waals surface area contributed by atoms with E-state index in [1.165, 1.54) is 23.8 Å². The molecule has 1 saturated heterocycles. The molecule has 1 unspecified atom stereocenters. The number of nitrogens with zero attached hydrogens (tertiary/aromatic N) is 2. The van der Waals surface area contributed by atoms with Crippen molar-refractivity contribution in [3.05, 3.63) is 65.5 Å². The highest BCUT2D eigenvalue weighted by Crippen LogP contribution is 2.20. The van der Waals surface area contributed by atoms with Gasteiger partial charge in [-0.25, -0.2) is 4.39 Å².